The second-order valence-electron chi connectivity index (χ2n) is 5.40. The molecule has 0 unspecified atom stereocenters. The van der Waals surface area contributed by atoms with Crippen LogP contribution in [0.1, 0.15) is 65.2 Å². The lowest BCUT2D eigenvalue weighted by atomic mass is 10.1. The van der Waals surface area contributed by atoms with Crippen LogP contribution in [0.4, 0.5) is 4.79 Å². The first-order valence-electron chi connectivity index (χ1n) is 9.01. The summed E-state index contributed by atoms with van der Waals surface area (Å²) in [5.74, 6) is 1.40. The summed E-state index contributed by atoms with van der Waals surface area (Å²) in [4.78, 5) is 22.6. The molecule has 0 spiro atoms. The fourth-order valence-electron chi connectivity index (χ4n) is 1.97. The summed E-state index contributed by atoms with van der Waals surface area (Å²) in [6.07, 6.45) is 8.61. The molecule has 0 aromatic carbocycles. The van der Waals surface area contributed by atoms with Crippen molar-refractivity contribution in [2.75, 3.05) is 31.3 Å². The first kappa shape index (κ1) is 23.4. The number of carbonyl (C=O) groups is 2. The van der Waals surface area contributed by atoms with E-state index in [1.54, 1.807) is 21.6 Å². The molecule has 0 saturated carbocycles. The molecule has 24 heavy (non-hydrogen) atoms. The predicted octanol–water partition coefficient (Wildman–Crippen LogP) is 4.80. The lowest BCUT2D eigenvalue weighted by Crippen LogP contribution is -2.24. The zero-order valence-electron chi connectivity index (χ0n) is 15.1. The van der Waals surface area contributed by atoms with Crippen molar-refractivity contribution in [1.82, 2.24) is 5.32 Å². The fraction of sp³-hybridized carbons (Fsp3) is 0.882. The molecule has 5 nitrogen and oxygen atoms in total. The maximum atomic E-state index is 11.5. The van der Waals surface area contributed by atoms with Gasteiger partial charge in [-0.1, -0.05) is 67.0 Å². The van der Waals surface area contributed by atoms with Gasteiger partial charge >= 0.3 is 12.1 Å². The van der Waals surface area contributed by atoms with E-state index < -0.39 is 0 Å². The fourth-order valence-corrected chi connectivity index (χ4v) is 3.62. The highest BCUT2D eigenvalue weighted by atomic mass is 33.1. The molecule has 142 valence electrons. The second kappa shape index (κ2) is 18.8. The number of amides is 1. The molecule has 0 bridgehead atoms. The lowest BCUT2D eigenvalue weighted by Gasteiger charge is -2.06. The predicted molar refractivity (Wildman–Crippen MR) is 104 cm³/mol. The van der Waals surface area contributed by atoms with Crippen LogP contribution in [0.15, 0.2) is 0 Å². The molecule has 0 aromatic rings. The summed E-state index contributed by atoms with van der Waals surface area (Å²) < 4.78 is 10.1. The van der Waals surface area contributed by atoms with E-state index in [9.17, 15) is 9.59 Å². The van der Waals surface area contributed by atoms with Crippen molar-refractivity contribution in [1.29, 1.82) is 0 Å². The van der Waals surface area contributed by atoms with Crippen LogP contribution < -0.4 is 5.32 Å². The molecule has 0 aromatic heterocycles. The highest BCUT2D eigenvalue weighted by molar-refractivity contribution is 8.76. The first-order valence-corrected chi connectivity index (χ1v) is 11.5. The molecule has 0 aliphatic rings. The van der Waals surface area contributed by atoms with Crippen molar-refractivity contribution in [2.24, 2.45) is 0 Å². The van der Waals surface area contributed by atoms with E-state index in [4.69, 9.17) is 9.47 Å². The van der Waals surface area contributed by atoms with Crippen molar-refractivity contribution < 1.29 is 19.1 Å². The SMILES string of the molecule is CCCCCCCCCC(=O)OCCSSCCOC(=O)NCC. The van der Waals surface area contributed by atoms with Crippen LogP contribution >= 0.6 is 21.6 Å². The van der Waals surface area contributed by atoms with E-state index in [1.807, 2.05) is 6.92 Å². The summed E-state index contributed by atoms with van der Waals surface area (Å²) >= 11 is 0. The Morgan fingerprint density at radius 3 is 2.04 bits per heavy atom. The number of carbonyl (C=O) groups excluding carboxylic acids is 2. The number of unbranched alkanes of at least 4 members (excludes halogenated alkanes) is 6. The quantitative estimate of drug-likeness (QED) is 0.236. The monoisotopic (exact) mass is 379 g/mol. The number of alkyl carbamates (subject to hydrolysis) is 1. The number of nitrogens with one attached hydrogen (secondary N) is 1. The molecule has 1 amide bonds. The van der Waals surface area contributed by atoms with Crippen LogP contribution in [0.5, 0.6) is 0 Å². The van der Waals surface area contributed by atoms with Gasteiger partial charge in [0, 0.05) is 24.5 Å². The van der Waals surface area contributed by atoms with Gasteiger partial charge in [-0.3, -0.25) is 4.79 Å². The summed E-state index contributed by atoms with van der Waals surface area (Å²) in [5.41, 5.74) is 0. The Kier molecular flexibility index (Phi) is 18.3. The van der Waals surface area contributed by atoms with Crippen LogP contribution in [-0.4, -0.2) is 43.3 Å². The van der Waals surface area contributed by atoms with Gasteiger partial charge in [-0.2, -0.15) is 0 Å². The third-order valence-corrected chi connectivity index (χ3v) is 5.55. The maximum Gasteiger partial charge on any atom is 0.407 e. The van der Waals surface area contributed by atoms with E-state index in [0.717, 1.165) is 24.3 Å². The Morgan fingerprint density at radius 1 is 0.833 bits per heavy atom. The highest BCUT2D eigenvalue weighted by Crippen LogP contribution is 2.20. The maximum absolute atomic E-state index is 11.5. The van der Waals surface area contributed by atoms with E-state index in [0.29, 0.717) is 26.2 Å². The molecule has 0 heterocycles. The average molecular weight is 380 g/mol. The van der Waals surface area contributed by atoms with Crippen molar-refractivity contribution in [2.45, 2.75) is 65.2 Å². The molecule has 1 N–H and O–H groups in total. The van der Waals surface area contributed by atoms with E-state index in [2.05, 4.69) is 12.2 Å². The highest BCUT2D eigenvalue weighted by Gasteiger charge is 2.03. The van der Waals surface area contributed by atoms with Gasteiger partial charge in [0.15, 0.2) is 0 Å². The van der Waals surface area contributed by atoms with Crippen LogP contribution in [0.2, 0.25) is 0 Å². The molecule has 0 rings (SSSR count). The smallest absolute Gasteiger partial charge is 0.407 e. The van der Waals surface area contributed by atoms with Crippen LogP contribution in [0.3, 0.4) is 0 Å². The number of ether oxygens (including phenoxy) is 2. The minimum Gasteiger partial charge on any atom is -0.465 e. The van der Waals surface area contributed by atoms with E-state index in [-0.39, 0.29) is 12.1 Å². The number of rotatable bonds is 16. The molecule has 7 heteroatoms. The molecule has 0 saturated heterocycles. The Hall–Kier alpha value is -0.560. The molecule has 0 aliphatic carbocycles. The molecule has 0 aliphatic heterocycles. The summed E-state index contributed by atoms with van der Waals surface area (Å²) in [6.45, 7) is 5.48. The zero-order chi connectivity index (χ0) is 17.9. The van der Waals surface area contributed by atoms with Crippen molar-refractivity contribution >= 4 is 33.7 Å². The third-order valence-electron chi connectivity index (χ3n) is 3.22. The lowest BCUT2D eigenvalue weighted by molar-refractivity contribution is -0.143. The standard InChI is InChI=1S/C17H33NO4S2/c1-3-5-6-7-8-9-10-11-16(19)21-12-14-23-24-15-13-22-17(20)18-4-2/h3-15H2,1-2H3,(H,18,20). The second-order valence-corrected chi connectivity index (χ2v) is 8.10. The van der Waals surface area contributed by atoms with Gasteiger partial charge in [-0.15, -0.1) is 0 Å². The molecular formula is C17H33NO4S2. The van der Waals surface area contributed by atoms with Gasteiger partial charge in [-0.25, -0.2) is 4.79 Å². The van der Waals surface area contributed by atoms with E-state index >= 15 is 0 Å². The minimum absolute atomic E-state index is 0.0891. The number of esters is 1. The normalized spacial score (nSPS) is 10.4. The topological polar surface area (TPSA) is 64.6 Å². The van der Waals surface area contributed by atoms with Crippen LogP contribution in [0, 0.1) is 0 Å². The number of hydrogen-bond acceptors (Lipinski definition) is 6. The van der Waals surface area contributed by atoms with Gasteiger partial charge in [0.1, 0.15) is 13.2 Å². The van der Waals surface area contributed by atoms with Gasteiger partial charge in [-0.05, 0) is 13.3 Å². The van der Waals surface area contributed by atoms with Crippen molar-refractivity contribution in [3.63, 3.8) is 0 Å². The van der Waals surface area contributed by atoms with E-state index in [1.165, 1.54) is 32.1 Å². The van der Waals surface area contributed by atoms with Crippen molar-refractivity contribution in [3.8, 4) is 0 Å². The van der Waals surface area contributed by atoms with Gasteiger partial charge < -0.3 is 14.8 Å². The number of hydrogen-bond donors (Lipinski definition) is 1. The van der Waals surface area contributed by atoms with Gasteiger partial charge in [0.05, 0.1) is 0 Å². The third kappa shape index (κ3) is 17.8. The summed E-state index contributed by atoms with van der Waals surface area (Å²) in [6, 6.07) is 0. The van der Waals surface area contributed by atoms with Crippen LogP contribution in [0.25, 0.3) is 0 Å². The Morgan fingerprint density at radius 2 is 1.42 bits per heavy atom. The largest absolute Gasteiger partial charge is 0.465 e. The van der Waals surface area contributed by atoms with Crippen LogP contribution in [-0.2, 0) is 14.3 Å². The summed E-state index contributed by atoms with van der Waals surface area (Å²) in [7, 11) is 3.24. The molecule has 0 fully saturated rings. The first-order chi connectivity index (χ1) is 11.7. The minimum atomic E-state index is -0.373. The summed E-state index contributed by atoms with van der Waals surface area (Å²) in [5, 5.41) is 2.57. The average Bonchev–Trinajstić information content (AvgIpc) is 2.56. The molecule has 0 radical (unpaired) electrons. The van der Waals surface area contributed by atoms with Gasteiger partial charge in [0.2, 0.25) is 0 Å². The molecular weight excluding hydrogens is 346 g/mol. The van der Waals surface area contributed by atoms with Gasteiger partial charge in [0.25, 0.3) is 0 Å². The van der Waals surface area contributed by atoms with Crippen molar-refractivity contribution in [3.05, 3.63) is 0 Å². The Bertz CT molecular complexity index is 317. The Labute approximate surface area is 154 Å². The molecule has 0 atom stereocenters. The Balaban J connectivity index is 3.22. The zero-order valence-corrected chi connectivity index (χ0v) is 16.8.